The van der Waals surface area contributed by atoms with Crippen molar-refractivity contribution in [2.75, 3.05) is 0 Å². The Balaban J connectivity index is 2.25. The number of aromatic nitrogens is 2. The fraction of sp³-hybridized carbons (Fsp3) is 0.273. The van der Waals surface area contributed by atoms with Crippen LogP contribution >= 0.6 is 39.1 Å². The molecular formula is C22H21BrCl2N2O2. The van der Waals surface area contributed by atoms with Crippen LogP contribution in [0.3, 0.4) is 0 Å². The molecule has 0 radical (unpaired) electrons. The second-order valence-corrected chi connectivity index (χ2v) is 8.84. The van der Waals surface area contributed by atoms with Gasteiger partial charge in [-0.05, 0) is 84.1 Å². The van der Waals surface area contributed by atoms with Crippen molar-refractivity contribution >= 4 is 45.1 Å². The highest BCUT2D eigenvalue weighted by Gasteiger charge is 2.30. The molecule has 0 aliphatic carbocycles. The summed E-state index contributed by atoms with van der Waals surface area (Å²) in [5, 5.41) is 11.1. The molecule has 1 heterocycles. The molecule has 1 unspecified atom stereocenters. The van der Waals surface area contributed by atoms with E-state index < -0.39 is 5.97 Å². The van der Waals surface area contributed by atoms with Crippen LogP contribution in [-0.4, -0.2) is 20.6 Å². The Morgan fingerprint density at radius 1 is 1.14 bits per heavy atom. The Kier molecular flexibility index (Phi) is 6.72. The van der Waals surface area contributed by atoms with Gasteiger partial charge in [0.2, 0.25) is 0 Å². The van der Waals surface area contributed by atoms with Crippen molar-refractivity contribution < 1.29 is 9.90 Å². The lowest BCUT2D eigenvalue weighted by atomic mass is 9.86. The monoisotopic (exact) mass is 494 g/mol. The molecule has 0 aliphatic heterocycles. The van der Waals surface area contributed by atoms with Gasteiger partial charge >= 0.3 is 5.97 Å². The van der Waals surface area contributed by atoms with Gasteiger partial charge in [0.25, 0.3) is 0 Å². The van der Waals surface area contributed by atoms with Gasteiger partial charge in [0, 0.05) is 22.0 Å². The molecule has 2 aromatic carbocycles. The third-order valence-corrected chi connectivity index (χ3v) is 6.01. The zero-order valence-corrected chi connectivity index (χ0v) is 19.4. The Labute approximate surface area is 188 Å². The molecule has 7 heteroatoms. The van der Waals surface area contributed by atoms with E-state index in [0.29, 0.717) is 26.9 Å². The molecule has 0 spiro atoms. The molecule has 0 amide bonds. The van der Waals surface area contributed by atoms with Gasteiger partial charge in [0.05, 0.1) is 5.69 Å². The van der Waals surface area contributed by atoms with E-state index in [1.54, 1.807) is 0 Å². The predicted octanol–water partition coefficient (Wildman–Crippen LogP) is 6.91. The van der Waals surface area contributed by atoms with Crippen molar-refractivity contribution in [3.8, 4) is 0 Å². The highest BCUT2D eigenvalue weighted by Crippen LogP contribution is 2.36. The molecule has 0 aliphatic rings. The first-order valence-corrected chi connectivity index (χ1v) is 10.7. The standard InChI is InChI=1S/C22H21BrCl2N2O2/c1-12(2)27-20(19(21(28)29)26-22(27)23)18(14-5-8-16(24)9-6-14)11-15-10-17(25)7-4-13(15)3/h4-10,12,18H,11H2,1-3H3,(H,28,29). The Hall–Kier alpha value is -1.82. The van der Waals surface area contributed by atoms with Crippen LogP contribution in [0.15, 0.2) is 47.2 Å². The molecule has 3 rings (SSSR count). The van der Waals surface area contributed by atoms with Gasteiger partial charge in [-0.2, -0.15) is 0 Å². The summed E-state index contributed by atoms with van der Waals surface area (Å²) in [4.78, 5) is 16.3. The first-order chi connectivity index (χ1) is 13.7. The largest absolute Gasteiger partial charge is 0.476 e. The molecule has 1 atom stereocenters. The van der Waals surface area contributed by atoms with Crippen LogP contribution in [-0.2, 0) is 6.42 Å². The molecule has 0 bridgehead atoms. The second-order valence-electron chi connectivity index (χ2n) is 7.26. The maximum Gasteiger partial charge on any atom is 0.356 e. The van der Waals surface area contributed by atoms with Crippen molar-refractivity contribution in [3.05, 3.63) is 85.3 Å². The number of benzene rings is 2. The van der Waals surface area contributed by atoms with Crippen LogP contribution in [0.1, 0.15) is 58.7 Å². The van der Waals surface area contributed by atoms with E-state index in [-0.39, 0.29) is 17.7 Å². The highest BCUT2D eigenvalue weighted by atomic mass is 79.9. The third kappa shape index (κ3) is 4.68. The average molecular weight is 496 g/mol. The fourth-order valence-electron chi connectivity index (χ4n) is 3.55. The van der Waals surface area contributed by atoms with E-state index in [0.717, 1.165) is 16.7 Å². The smallest absolute Gasteiger partial charge is 0.356 e. The number of aromatic carboxylic acids is 1. The number of hydrogen-bond acceptors (Lipinski definition) is 2. The van der Waals surface area contributed by atoms with Gasteiger partial charge < -0.3 is 9.67 Å². The Morgan fingerprint density at radius 3 is 2.34 bits per heavy atom. The SMILES string of the molecule is Cc1ccc(Cl)cc1CC(c1ccc(Cl)cc1)c1c(C(=O)O)nc(Br)n1C(C)C. The lowest BCUT2D eigenvalue weighted by Crippen LogP contribution is -2.17. The Bertz CT molecular complexity index is 1050. The summed E-state index contributed by atoms with van der Waals surface area (Å²) in [7, 11) is 0. The van der Waals surface area contributed by atoms with E-state index >= 15 is 0 Å². The summed E-state index contributed by atoms with van der Waals surface area (Å²) >= 11 is 15.8. The molecule has 152 valence electrons. The van der Waals surface area contributed by atoms with Gasteiger partial charge in [0.15, 0.2) is 10.4 Å². The number of rotatable bonds is 6. The number of imidazole rings is 1. The van der Waals surface area contributed by atoms with Gasteiger partial charge in [-0.1, -0.05) is 41.4 Å². The zero-order valence-electron chi connectivity index (χ0n) is 16.3. The van der Waals surface area contributed by atoms with Crippen molar-refractivity contribution in [1.29, 1.82) is 0 Å². The number of carboxylic acid groups (broad SMARTS) is 1. The van der Waals surface area contributed by atoms with Crippen LogP contribution in [0.5, 0.6) is 0 Å². The summed E-state index contributed by atoms with van der Waals surface area (Å²) < 4.78 is 2.43. The normalized spacial score (nSPS) is 12.4. The van der Waals surface area contributed by atoms with E-state index in [1.165, 1.54) is 0 Å². The van der Waals surface area contributed by atoms with Gasteiger partial charge in [-0.15, -0.1) is 0 Å². The first-order valence-electron chi connectivity index (χ1n) is 9.20. The minimum Gasteiger partial charge on any atom is -0.476 e. The van der Waals surface area contributed by atoms with E-state index in [2.05, 4.69) is 20.9 Å². The maximum absolute atomic E-state index is 12.0. The average Bonchev–Trinajstić information content (AvgIpc) is 3.01. The number of aryl methyl sites for hydroxylation is 1. The summed E-state index contributed by atoms with van der Waals surface area (Å²) in [6.07, 6.45) is 0.582. The van der Waals surface area contributed by atoms with Crippen molar-refractivity contribution in [2.45, 2.75) is 39.2 Å². The molecule has 0 fully saturated rings. The molecule has 0 saturated heterocycles. The number of carbonyl (C=O) groups is 1. The number of hydrogen-bond donors (Lipinski definition) is 1. The topological polar surface area (TPSA) is 55.1 Å². The summed E-state index contributed by atoms with van der Waals surface area (Å²) in [5.41, 5.74) is 3.82. The van der Waals surface area contributed by atoms with Crippen LogP contribution in [0.4, 0.5) is 0 Å². The van der Waals surface area contributed by atoms with Gasteiger partial charge in [0.1, 0.15) is 0 Å². The maximum atomic E-state index is 12.0. The summed E-state index contributed by atoms with van der Waals surface area (Å²) in [6, 6.07) is 13.3. The number of halogens is 3. The molecule has 1 aromatic heterocycles. The van der Waals surface area contributed by atoms with Crippen LogP contribution < -0.4 is 0 Å². The predicted molar refractivity (Wildman–Crippen MR) is 120 cm³/mol. The number of carboxylic acids is 1. The van der Waals surface area contributed by atoms with E-state index in [9.17, 15) is 9.90 Å². The van der Waals surface area contributed by atoms with Crippen molar-refractivity contribution in [1.82, 2.24) is 9.55 Å². The first kappa shape index (κ1) is 21.9. The van der Waals surface area contributed by atoms with Crippen LogP contribution in [0.25, 0.3) is 0 Å². The minimum atomic E-state index is -1.05. The van der Waals surface area contributed by atoms with Crippen molar-refractivity contribution in [3.63, 3.8) is 0 Å². The van der Waals surface area contributed by atoms with Crippen LogP contribution in [0, 0.1) is 6.92 Å². The molecule has 1 N–H and O–H groups in total. The highest BCUT2D eigenvalue weighted by molar-refractivity contribution is 9.10. The number of nitrogens with zero attached hydrogens (tertiary/aromatic N) is 2. The van der Waals surface area contributed by atoms with Crippen molar-refractivity contribution in [2.24, 2.45) is 0 Å². The second kappa shape index (κ2) is 8.90. The Morgan fingerprint density at radius 2 is 1.76 bits per heavy atom. The lowest BCUT2D eigenvalue weighted by molar-refractivity contribution is 0.0689. The third-order valence-electron chi connectivity index (χ3n) is 4.96. The van der Waals surface area contributed by atoms with E-state index in [1.807, 2.05) is 67.8 Å². The molecule has 0 saturated carbocycles. The quantitative estimate of drug-likeness (QED) is 0.404. The van der Waals surface area contributed by atoms with Crippen LogP contribution in [0.2, 0.25) is 10.0 Å². The van der Waals surface area contributed by atoms with Gasteiger partial charge in [-0.25, -0.2) is 9.78 Å². The fourth-order valence-corrected chi connectivity index (χ4v) is 4.64. The van der Waals surface area contributed by atoms with Gasteiger partial charge in [-0.3, -0.25) is 0 Å². The summed E-state index contributed by atoms with van der Waals surface area (Å²) in [6.45, 7) is 6.04. The minimum absolute atomic E-state index is 0.0234. The molecule has 4 nitrogen and oxygen atoms in total. The summed E-state index contributed by atoms with van der Waals surface area (Å²) in [5.74, 6) is -1.29. The lowest BCUT2D eigenvalue weighted by Gasteiger charge is -2.24. The van der Waals surface area contributed by atoms with E-state index in [4.69, 9.17) is 23.2 Å². The molecule has 29 heavy (non-hydrogen) atoms. The molecule has 3 aromatic rings. The zero-order chi connectivity index (χ0) is 21.3. The molecular weight excluding hydrogens is 475 g/mol.